The Balaban J connectivity index is 1.82. The Bertz CT molecular complexity index is 546. The number of ether oxygens (including phenoxy) is 1. The third-order valence-electron chi connectivity index (χ3n) is 5.02. The lowest BCUT2D eigenvalue weighted by atomic mass is 9.82. The number of carboxylic acids is 1. The van der Waals surface area contributed by atoms with Crippen LogP contribution >= 0.6 is 0 Å². The highest BCUT2D eigenvalue weighted by Crippen LogP contribution is 2.28. The molecule has 138 valence electrons. The fourth-order valence-corrected chi connectivity index (χ4v) is 3.69. The van der Waals surface area contributed by atoms with E-state index in [4.69, 9.17) is 0 Å². The molecule has 0 amide bonds. The van der Waals surface area contributed by atoms with Crippen molar-refractivity contribution in [3.8, 4) is 0 Å². The van der Waals surface area contributed by atoms with Crippen LogP contribution in [0.1, 0.15) is 50.5 Å². The summed E-state index contributed by atoms with van der Waals surface area (Å²) in [5.41, 5.74) is 1.04. The van der Waals surface area contributed by atoms with E-state index in [9.17, 15) is 14.7 Å². The Morgan fingerprint density at radius 2 is 2.04 bits per heavy atom. The van der Waals surface area contributed by atoms with Gasteiger partial charge in [-0.25, -0.2) is 0 Å². The maximum absolute atomic E-state index is 11.6. The minimum atomic E-state index is -0.795. The molecule has 25 heavy (non-hydrogen) atoms. The third kappa shape index (κ3) is 6.86. The number of carbonyl (C=O) groups is 2. The van der Waals surface area contributed by atoms with Crippen LogP contribution in [0.5, 0.6) is 0 Å². The highest BCUT2D eigenvalue weighted by atomic mass is 16.5. The molecule has 0 aromatic heterocycles. The summed E-state index contributed by atoms with van der Waals surface area (Å²) in [5.74, 6) is -0.391. The van der Waals surface area contributed by atoms with Gasteiger partial charge >= 0.3 is 11.9 Å². The number of aliphatic carboxylic acids is 1. The van der Waals surface area contributed by atoms with Crippen LogP contribution in [0.2, 0.25) is 0 Å². The maximum Gasteiger partial charge on any atom is 0.321 e. The number of rotatable bonds is 9. The molecule has 0 spiro atoms. The van der Waals surface area contributed by atoms with Crippen LogP contribution in [0.3, 0.4) is 0 Å². The molecule has 0 aliphatic heterocycles. The standard InChI is InChI=1S/C20H29NO4/c1-25-19(22)12-6-10-15-9-5-11-17(13-15)21-18(20(23)24)14-16-7-3-2-4-8-16/h2-4,7-8,15,17-18,21H,5-6,9-14H2,1H3,(H,23,24)/t15?,17?,18-/m1/s1. The van der Waals surface area contributed by atoms with Crippen molar-refractivity contribution in [2.24, 2.45) is 5.92 Å². The Morgan fingerprint density at radius 3 is 2.72 bits per heavy atom. The second-order valence-corrected chi connectivity index (χ2v) is 6.95. The van der Waals surface area contributed by atoms with E-state index in [0.717, 1.165) is 44.1 Å². The minimum Gasteiger partial charge on any atom is -0.480 e. The van der Waals surface area contributed by atoms with Crippen LogP contribution in [0.25, 0.3) is 0 Å². The topological polar surface area (TPSA) is 75.6 Å². The number of carbonyl (C=O) groups excluding carboxylic acids is 1. The molecule has 5 nitrogen and oxygen atoms in total. The average Bonchev–Trinajstić information content (AvgIpc) is 2.62. The van der Waals surface area contributed by atoms with Gasteiger partial charge in [0.2, 0.25) is 0 Å². The summed E-state index contributed by atoms with van der Waals surface area (Å²) in [4.78, 5) is 22.8. The van der Waals surface area contributed by atoms with Crippen molar-refractivity contribution in [2.45, 2.75) is 63.5 Å². The summed E-state index contributed by atoms with van der Waals surface area (Å²) < 4.78 is 4.68. The van der Waals surface area contributed by atoms with E-state index in [2.05, 4.69) is 10.1 Å². The second kappa shape index (κ2) is 10.2. The van der Waals surface area contributed by atoms with Crippen LogP contribution in [0.15, 0.2) is 30.3 Å². The van der Waals surface area contributed by atoms with Crippen molar-refractivity contribution < 1.29 is 19.4 Å². The molecule has 1 aliphatic carbocycles. The van der Waals surface area contributed by atoms with Gasteiger partial charge in [0.05, 0.1) is 7.11 Å². The molecule has 1 aromatic rings. The Hall–Kier alpha value is -1.88. The quantitative estimate of drug-likeness (QED) is 0.671. The fourth-order valence-electron chi connectivity index (χ4n) is 3.69. The molecule has 3 atom stereocenters. The highest BCUT2D eigenvalue weighted by Gasteiger charge is 2.27. The number of hydrogen-bond donors (Lipinski definition) is 2. The predicted octanol–water partition coefficient (Wildman–Crippen LogP) is 3.17. The largest absolute Gasteiger partial charge is 0.480 e. The monoisotopic (exact) mass is 347 g/mol. The molecule has 5 heteroatoms. The van der Waals surface area contributed by atoms with Gasteiger partial charge in [-0.15, -0.1) is 0 Å². The summed E-state index contributed by atoms with van der Waals surface area (Å²) >= 11 is 0. The van der Waals surface area contributed by atoms with Gasteiger partial charge < -0.3 is 15.2 Å². The molecule has 2 unspecified atom stereocenters. The highest BCUT2D eigenvalue weighted by molar-refractivity contribution is 5.74. The molecule has 1 aromatic carbocycles. The first-order valence-electron chi connectivity index (χ1n) is 9.18. The number of carboxylic acid groups (broad SMARTS) is 1. The maximum atomic E-state index is 11.6. The van der Waals surface area contributed by atoms with E-state index >= 15 is 0 Å². The zero-order valence-corrected chi connectivity index (χ0v) is 14.9. The molecule has 1 saturated carbocycles. The molecule has 0 radical (unpaired) electrons. The van der Waals surface area contributed by atoms with E-state index in [0.29, 0.717) is 18.8 Å². The lowest BCUT2D eigenvalue weighted by Crippen LogP contribution is -2.46. The van der Waals surface area contributed by atoms with Gasteiger partial charge in [0.1, 0.15) is 6.04 Å². The van der Waals surface area contributed by atoms with Crippen LogP contribution in [0, 0.1) is 5.92 Å². The lowest BCUT2D eigenvalue weighted by molar-refractivity contribution is -0.141. The normalized spacial score (nSPS) is 21.5. The van der Waals surface area contributed by atoms with Gasteiger partial charge in [-0.1, -0.05) is 43.2 Å². The van der Waals surface area contributed by atoms with E-state index in [1.807, 2.05) is 30.3 Å². The predicted molar refractivity (Wildman–Crippen MR) is 96.3 cm³/mol. The Morgan fingerprint density at radius 1 is 1.28 bits per heavy atom. The van der Waals surface area contributed by atoms with Crippen LogP contribution in [-0.4, -0.2) is 36.2 Å². The first-order valence-corrected chi connectivity index (χ1v) is 9.18. The van der Waals surface area contributed by atoms with E-state index in [1.54, 1.807) is 0 Å². The molecule has 2 rings (SSSR count). The van der Waals surface area contributed by atoms with Crippen molar-refractivity contribution in [2.75, 3.05) is 7.11 Å². The fraction of sp³-hybridized carbons (Fsp3) is 0.600. The van der Waals surface area contributed by atoms with E-state index < -0.39 is 12.0 Å². The summed E-state index contributed by atoms with van der Waals surface area (Å²) in [6.07, 6.45) is 7.09. The SMILES string of the molecule is COC(=O)CCCC1CCCC(N[C@H](Cc2ccccc2)C(=O)O)C1. The van der Waals surface area contributed by atoms with Gasteiger partial charge in [0, 0.05) is 12.5 Å². The lowest BCUT2D eigenvalue weighted by Gasteiger charge is -2.32. The van der Waals surface area contributed by atoms with Gasteiger partial charge in [0.25, 0.3) is 0 Å². The molecule has 2 N–H and O–H groups in total. The summed E-state index contributed by atoms with van der Waals surface area (Å²) in [6.45, 7) is 0. The van der Waals surface area contributed by atoms with Crippen molar-refractivity contribution in [3.05, 3.63) is 35.9 Å². The molecule has 0 bridgehead atoms. The number of benzene rings is 1. The van der Waals surface area contributed by atoms with Crippen LogP contribution in [0.4, 0.5) is 0 Å². The summed E-state index contributed by atoms with van der Waals surface area (Å²) in [7, 11) is 1.42. The third-order valence-corrected chi connectivity index (χ3v) is 5.02. The van der Waals surface area contributed by atoms with Crippen LogP contribution < -0.4 is 5.32 Å². The van der Waals surface area contributed by atoms with Gasteiger partial charge in [-0.3, -0.25) is 9.59 Å². The van der Waals surface area contributed by atoms with Gasteiger partial charge in [0.15, 0.2) is 0 Å². The first-order chi connectivity index (χ1) is 12.1. The van der Waals surface area contributed by atoms with Crippen molar-refractivity contribution in [3.63, 3.8) is 0 Å². The number of hydrogen-bond acceptors (Lipinski definition) is 4. The number of nitrogens with one attached hydrogen (secondary N) is 1. The molecule has 0 heterocycles. The number of esters is 1. The van der Waals surface area contributed by atoms with Crippen molar-refractivity contribution in [1.82, 2.24) is 5.32 Å². The zero-order chi connectivity index (χ0) is 18.1. The van der Waals surface area contributed by atoms with Crippen molar-refractivity contribution in [1.29, 1.82) is 0 Å². The Kier molecular flexibility index (Phi) is 7.92. The molecule has 1 aliphatic rings. The van der Waals surface area contributed by atoms with Crippen molar-refractivity contribution >= 4 is 11.9 Å². The smallest absolute Gasteiger partial charge is 0.321 e. The minimum absolute atomic E-state index is 0.153. The van der Waals surface area contributed by atoms with E-state index in [1.165, 1.54) is 7.11 Å². The molecular weight excluding hydrogens is 318 g/mol. The molecular formula is C20H29NO4. The zero-order valence-electron chi connectivity index (χ0n) is 14.9. The first kappa shape index (κ1) is 19.4. The van der Waals surface area contributed by atoms with Gasteiger partial charge in [-0.2, -0.15) is 0 Å². The molecule has 0 saturated heterocycles. The second-order valence-electron chi connectivity index (χ2n) is 6.95. The Labute approximate surface area is 149 Å². The average molecular weight is 347 g/mol. The van der Waals surface area contributed by atoms with E-state index in [-0.39, 0.29) is 12.0 Å². The van der Waals surface area contributed by atoms with Gasteiger partial charge in [-0.05, 0) is 43.6 Å². The summed E-state index contributed by atoms with van der Waals surface area (Å²) in [5, 5.41) is 12.9. The molecule has 1 fully saturated rings. The van der Waals surface area contributed by atoms with Crippen LogP contribution in [-0.2, 0) is 20.7 Å². The summed E-state index contributed by atoms with van der Waals surface area (Å²) in [6, 6.07) is 9.43. The number of methoxy groups -OCH3 is 1.